The van der Waals surface area contributed by atoms with Crippen LogP contribution in [0.25, 0.3) is 0 Å². The number of rotatable bonds is 7. The summed E-state index contributed by atoms with van der Waals surface area (Å²) >= 11 is 0. The molecule has 2 rings (SSSR count). The summed E-state index contributed by atoms with van der Waals surface area (Å²) in [5.74, 6) is 0.709. The molecule has 1 fully saturated rings. The summed E-state index contributed by atoms with van der Waals surface area (Å²) in [4.78, 5) is 6.73. The Morgan fingerprint density at radius 1 is 1.36 bits per heavy atom. The predicted molar refractivity (Wildman–Crippen MR) is 111 cm³/mol. The van der Waals surface area contributed by atoms with Crippen LogP contribution in [0.3, 0.4) is 0 Å². The Morgan fingerprint density at radius 3 is 2.80 bits per heavy atom. The number of likely N-dealkylation sites (tertiary alicyclic amines) is 1. The van der Waals surface area contributed by atoms with E-state index in [1.165, 1.54) is 25.5 Å². The van der Waals surface area contributed by atoms with Gasteiger partial charge in [-0.1, -0.05) is 13.0 Å². The van der Waals surface area contributed by atoms with Crippen molar-refractivity contribution in [1.82, 2.24) is 15.5 Å². The van der Waals surface area contributed by atoms with E-state index in [1.54, 1.807) is 13.1 Å². The number of halogens is 2. The second-order valence-electron chi connectivity index (χ2n) is 5.93. The standard InChI is InChI=1S/C18H29FN4O.HI/c1-4-23-10-6-7-15(23)13-22-18(20-3)21-12-14-8-9-17(24-5-2)16(19)11-14;/h8-9,11,15H,4-7,10,12-13H2,1-3H3,(H2,20,21,22);1H. The summed E-state index contributed by atoms with van der Waals surface area (Å²) in [5.41, 5.74) is 0.856. The van der Waals surface area contributed by atoms with Gasteiger partial charge in [-0.3, -0.25) is 9.89 Å². The lowest BCUT2D eigenvalue weighted by molar-refractivity contribution is 0.267. The van der Waals surface area contributed by atoms with E-state index in [1.807, 2.05) is 13.0 Å². The van der Waals surface area contributed by atoms with Crippen molar-refractivity contribution in [3.05, 3.63) is 29.6 Å². The zero-order chi connectivity index (χ0) is 17.4. The van der Waals surface area contributed by atoms with E-state index in [4.69, 9.17) is 4.74 Å². The monoisotopic (exact) mass is 464 g/mol. The van der Waals surface area contributed by atoms with Gasteiger partial charge < -0.3 is 15.4 Å². The molecule has 1 aliphatic rings. The smallest absolute Gasteiger partial charge is 0.191 e. The molecule has 1 aliphatic heterocycles. The summed E-state index contributed by atoms with van der Waals surface area (Å²) < 4.78 is 19.1. The summed E-state index contributed by atoms with van der Waals surface area (Å²) in [6.07, 6.45) is 2.49. The van der Waals surface area contributed by atoms with Crippen LogP contribution in [0.5, 0.6) is 5.75 Å². The van der Waals surface area contributed by atoms with E-state index < -0.39 is 0 Å². The number of guanidine groups is 1. The van der Waals surface area contributed by atoms with Crippen molar-refractivity contribution >= 4 is 29.9 Å². The number of aliphatic imine (C=N–C) groups is 1. The van der Waals surface area contributed by atoms with Gasteiger partial charge in [0.15, 0.2) is 17.5 Å². The van der Waals surface area contributed by atoms with E-state index >= 15 is 0 Å². The van der Waals surface area contributed by atoms with Crippen molar-refractivity contribution in [2.45, 2.75) is 39.3 Å². The molecule has 25 heavy (non-hydrogen) atoms. The molecule has 0 aliphatic carbocycles. The molecule has 0 bridgehead atoms. The molecule has 1 atom stereocenters. The molecule has 0 aromatic heterocycles. The van der Waals surface area contributed by atoms with Crippen LogP contribution in [0.1, 0.15) is 32.3 Å². The third-order valence-corrected chi connectivity index (χ3v) is 4.39. The van der Waals surface area contributed by atoms with E-state index in [-0.39, 0.29) is 29.8 Å². The largest absolute Gasteiger partial charge is 0.491 e. The maximum absolute atomic E-state index is 13.9. The Balaban J connectivity index is 0.00000312. The first-order valence-corrected chi connectivity index (χ1v) is 8.77. The summed E-state index contributed by atoms with van der Waals surface area (Å²) in [6, 6.07) is 5.60. The molecule has 2 N–H and O–H groups in total. The van der Waals surface area contributed by atoms with Crippen molar-refractivity contribution in [2.75, 3.05) is 33.3 Å². The Labute approximate surface area is 167 Å². The predicted octanol–water partition coefficient (Wildman–Crippen LogP) is 2.99. The molecule has 7 heteroatoms. The van der Waals surface area contributed by atoms with Crippen LogP contribution in [-0.4, -0.2) is 50.2 Å². The lowest BCUT2D eigenvalue weighted by Crippen LogP contribution is -2.44. The average molecular weight is 464 g/mol. The maximum atomic E-state index is 13.9. The second kappa shape index (κ2) is 11.5. The number of hydrogen-bond acceptors (Lipinski definition) is 3. The molecule has 5 nitrogen and oxygen atoms in total. The first-order chi connectivity index (χ1) is 11.7. The van der Waals surface area contributed by atoms with Gasteiger partial charge in [0.05, 0.1) is 6.61 Å². The summed E-state index contributed by atoms with van der Waals surface area (Å²) in [5, 5.41) is 6.61. The summed E-state index contributed by atoms with van der Waals surface area (Å²) in [6.45, 7) is 8.17. The van der Waals surface area contributed by atoms with E-state index in [0.717, 1.165) is 24.6 Å². The minimum absolute atomic E-state index is 0. The van der Waals surface area contributed by atoms with Crippen LogP contribution in [0, 0.1) is 5.82 Å². The molecule has 0 saturated carbocycles. The van der Waals surface area contributed by atoms with Gasteiger partial charge in [-0.05, 0) is 50.6 Å². The van der Waals surface area contributed by atoms with Gasteiger partial charge in [-0.25, -0.2) is 4.39 Å². The number of likely N-dealkylation sites (N-methyl/N-ethyl adjacent to an activating group) is 1. The Morgan fingerprint density at radius 2 is 2.16 bits per heavy atom. The highest BCUT2D eigenvalue weighted by molar-refractivity contribution is 14.0. The highest BCUT2D eigenvalue weighted by Crippen LogP contribution is 2.18. The normalized spacial score (nSPS) is 17.9. The number of hydrogen-bond donors (Lipinski definition) is 2. The van der Waals surface area contributed by atoms with Gasteiger partial charge in [0.25, 0.3) is 0 Å². The Kier molecular flexibility index (Phi) is 10.1. The fourth-order valence-corrected chi connectivity index (χ4v) is 3.09. The fourth-order valence-electron chi connectivity index (χ4n) is 3.09. The molecular weight excluding hydrogens is 434 g/mol. The van der Waals surface area contributed by atoms with Crippen LogP contribution in [-0.2, 0) is 6.54 Å². The Bertz CT molecular complexity index is 556. The van der Waals surface area contributed by atoms with Gasteiger partial charge in [0.1, 0.15) is 0 Å². The maximum Gasteiger partial charge on any atom is 0.191 e. The van der Waals surface area contributed by atoms with Crippen molar-refractivity contribution in [2.24, 2.45) is 4.99 Å². The topological polar surface area (TPSA) is 48.9 Å². The molecule has 0 spiro atoms. The second-order valence-corrected chi connectivity index (χ2v) is 5.93. The van der Waals surface area contributed by atoms with Crippen LogP contribution in [0.4, 0.5) is 4.39 Å². The van der Waals surface area contributed by atoms with E-state index in [9.17, 15) is 4.39 Å². The molecule has 1 saturated heterocycles. The van der Waals surface area contributed by atoms with Gasteiger partial charge in [0.2, 0.25) is 0 Å². The third-order valence-electron chi connectivity index (χ3n) is 4.39. The molecule has 0 amide bonds. The average Bonchev–Trinajstić information content (AvgIpc) is 3.05. The van der Waals surface area contributed by atoms with Crippen molar-refractivity contribution < 1.29 is 9.13 Å². The first kappa shape index (κ1) is 22.0. The number of nitrogens with zero attached hydrogens (tertiary/aromatic N) is 2. The lowest BCUT2D eigenvalue weighted by Gasteiger charge is -2.24. The molecule has 1 heterocycles. The highest BCUT2D eigenvalue weighted by Gasteiger charge is 2.22. The molecule has 142 valence electrons. The van der Waals surface area contributed by atoms with Crippen LogP contribution >= 0.6 is 24.0 Å². The minimum Gasteiger partial charge on any atom is -0.491 e. The number of nitrogens with one attached hydrogen (secondary N) is 2. The summed E-state index contributed by atoms with van der Waals surface area (Å²) in [7, 11) is 1.75. The van der Waals surface area contributed by atoms with Gasteiger partial charge in [-0.15, -0.1) is 24.0 Å². The zero-order valence-electron chi connectivity index (χ0n) is 15.3. The van der Waals surface area contributed by atoms with Crippen molar-refractivity contribution in [1.29, 1.82) is 0 Å². The van der Waals surface area contributed by atoms with Crippen molar-refractivity contribution in [3.8, 4) is 5.75 Å². The van der Waals surface area contributed by atoms with Crippen LogP contribution < -0.4 is 15.4 Å². The SMILES string of the molecule is CCOc1ccc(CNC(=NC)NCC2CCCN2CC)cc1F.I. The van der Waals surface area contributed by atoms with Crippen LogP contribution in [0.2, 0.25) is 0 Å². The number of ether oxygens (including phenoxy) is 1. The molecular formula is C18H30FIN4O. The van der Waals surface area contributed by atoms with E-state index in [2.05, 4.69) is 27.4 Å². The molecule has 1 unspecified atom stereocenters. The lowest BCUT2D eigenvalue weighted by atomic mass is 10.2. The highest BCUT2D eigenvalue weighted by atomic mass is 127. The first-order valence-electron chi connectivity index (χ1n) is 8.77. The fraction of sp³-hybridized carbons (Fsp3) is 0.611. The van der Waals surface area contributed by atoms with Crippen LogP contribution in [0.15, 0.2) is 23.2 Å². The molecule has 0 radical (unpaired) electrons. The number of benzene rings is 1. The van der Waals surface area contributed by atoms with Gasteiger partial charge in [-0.2, -0.15) is 0 Å². The van der Waals surface area contributed by atoms with Crippen molar-refractivity contribution in [3.63, 3.8) is 0 Å². The molecule has 1 aromatic carbocycles. The van der Waals surface area contributed by atoms with E-state index in [0.29, 0.717) is 24.9 Å². The quantitative estimate of drug-likeness (QED) is 0.370. The minimum atomic E-state index is -0.330. The Hall–Kier alpha value is -1.09. The van der Waals surface area contributed by atoms with Gasteiger partial charge >= 0.3 is 0 Å². The van der Waals surface area contributed by atoms with Gasteiger partial charge in [0, 0.05) is 26.2 Å². The zero-order valence-corrected chi connectivity index (χ0v) is 17.7. The third kappa shape index (κ3) is 6.62. The molecule has 1 aromatic rings.